The summed E-state index contributed by atoms with van der Waals surface area (Å²) in [5, 5.41) is 22.0. The molecule has 1 aromatic heterocycles. The van der Waals surface area contributed by atoms with Crippen LogP contribution in [0.2, 0.25) is 0 Å². The zero-order valence-electron chi connectivity index (χ0n) is 25.6. The number of hydrogen-bond acceptors (Lipinski definition) is 8. The minimum Gasteiger partial charge on any atom is -0.481 e. The average molecular weight is 642 g/mol. The standard InChI is InChI=1S/C36H39N3O6S/c40-23-25-11-13-27(14-12-25)32-21-30(24-46-36-37-19-6-20-38-36)44-35(45-32)28-17-15-26(16-18-28)31-8-5-4-7-29(31)22-39-33(41)9-2-1-3-10-34(42)43/h4-8,11-20,30,32,35,40H,1-3,9-10,21-24H2,(H,39,41)(H,42,43). The smallest absolute Gasteiger partial charge is 0.303 e. The Kier molecular flexibility index (Phi) is 12.3. The minimum atomic E-state index is -0.806. The zero-order chi connectivity index (χ0) is 32.1. The number of aliphatic carboxylic acids is 1. The molecule has 10 heteroatoms. The third-order valence-electron chi connectivity index (χ3n) is 7.84. The summed E-state index contributed by atoms with van der Waals surface area (Å²) in [5.74, 6) is -0.173. The SMILES string of the molecule is O=C(O)CCCCCC(=O)NCc1ccccc1-c1ccc(C2OC(CSc3ncccn3)CC(c3ccc(CO)cc3)O2)cc1. The molecule has 3 N–H and O–H groups in total. The van der Waals surface area contributed by atoms with Gasteiger partial charge in [0.1, 0.15) is 0 Å². The third-order valence-corrected chi connectivity index (χ3v) is 8.84. The number of hydrogen-bond donors (Lipinski definition) is 3. The van der Waals surface area contributed by atoms with E-state index in [1.807, 2.05) is 72.8 Å². The summed E-state index contributed by atoms with van der Waals surface area (Å²) >= 11 is 1.56. The van der Waals surface area contributed by atoms with Crippen molar-refractivity contribution in [1.29, 1.82) is 0 Å². The molecule has 1 saturated heterocycles. The maximum Gasteiger partial charge on any atom is 0.303 e. The van der Waals surface area contributed by atoms with Gasteiger partial charge in [-0.15, -0.1) is 0 Å². The number of carboxylic acids is 1. The fourth-order valence-corrected chi connectivity index (χ4v) is 6.17. The van der Waals surface area contributed by atoms with Crippen molar-refractivity contribution in [3.63, 3.8) is 0 Å². The van der Waals surface area contributed by atoms with Crippen LogP contribution in [0.15, 0.2) is 96.4 Å². The number of carboxylic acid groups (broad SMARTS) is 1. The highest BCUT2D eigenvalue weighted by Crippen LogP contribution is 2.39. The number of amides is 1. The molecule has 46 heavy (non-hydrogen) atoms. The molecule has 5 rings (SSSR count). The van der Waals surface area contributed by atoms with Crippen LogP contribution in [-0.4, -0.2) is 43.9 Å². The lowest BCUT2D eigenvalue weighted by Gasteiger charge is -2.36. The number of carbonyl (C=O) groups is 2. The van der Waals surface area contributed by atoms with E-state index in [1.165, 1.54) is 0 Å². The highest BCUT2D eigenvalue weighted by molar-refractivity contribution is 7.99. The molecule has 0 saturated carbocycles. The number of aliphatic hydroxyl groups excluding tert-OH is 1. The van der Waals surface area contributed by atoms with Crippen molar-refractivity contribution in [2.75, 3.05) is 5.75 Å². The number of benzene rings is 3. The van der Waals surface area contributed by atoms with E-state index in [0.717, 1.165) is 39.8 Å². The Labute approximate surface area is 273 Å². The Morgan fingerprint density at radius 3 is 2.30 bits per heavy atom. The van der Waals surface area contributed by atoms with E-state index in [-0.39, 0.29) is 31.1 Å². The summed E-state index contributed by atoms with van der Waals surface area (Å²) in [6, 6.07) is 25.8. The van der Waals surface area contributed by atoms with Gasteiger partial charge < -0.3 is 25.0 Å². The normalized spacial score (nSPS) is 17.8. The topological polar surface area (TPSA) is 131 Å². The van der Waals surface area contributed by atoms with Gasteiger partial charge in [0.15, 0.2) is 11.4 Å². The number of aliphatic hydroxyl groups is 1. The molecule has 3 unspecified atom stereocenters. The van der Waals surface area contributed by atoms with Crippen LogP contribution >= 0.6 is 11.8 Å². The lowest BCUT2D eigenvalue weighted by molar-refractivity contribution is -0.245. The number of nitrogens with zero attached hydrogens (tertiary/aromatic N) is 2. The summed E-state index contributed by atoms with van der Waals surface area (Å²) in [4.78, 5) is 31.7. The number of unbranched alkanes of at least 4 members (excludes halogenated alkanes) is 2. The van der Waals surface area contributed by atoms with Gasteiger partial charge in [0, 0.05) is 49.5 Å². The zero-order valence-corrected chi connectivity index (χ0v) is 26.4. The third kappa shape index (κ3) is 9.70. The van der Waals surface area contributed by atoms with Crippen molar-refractivity contribution in [3.8, 4) is 11.1 Å². The van der Waals surface area contributed by atoms with Crippen LogP contribution in [0.3, 0.4) is 0 Å². The second-order valence-electron chi connectivity index (χ2n) is 11.2. The van der Waals surface area contributed by atoms with E-state index >= 15 is 0 Å². The van der Waals surface area contributed by atoms with E-state index in [1.54, 1.807) is 30.2 Å². The molecule has 0 spiro atoms. The van der Waals surface area contributed by atoms with Crippen LogP contribution in [0.5, 0.6) is 0 Å². The lowest BCUT2D eigenvalue weighted by Crippen LogP contribution is -2.31. The molecule has 0 aliphatic carbocycles. The maximum atomic E-state index is 12.4. The predicted molar refractivity (Wildman–Crippen MR) is 176 cm³/mol. The Morgan fingerprint density at radius 2 is 1.57 bits per heavy atom. The second kappa shape index (κ2) is 17.0. The monoisotopic (exact) mass is 641 g/mol. The lowest BCUT2D eigenvalue weighted by atomic mass is 9.97. The van der Waals surface area contributed by atoms with Gasteiger partial charge in [0.25, 0.3) is 0 Å². The van der Waals surface area contributed by atoms with Gasteiger partial charge in [-0.3, -0.25) is 9.59 Å². The molecule has 3 aromatic carbocycles. The number of carbonyl (C=O) groups excluding carboxylic acids is 1. The van der Waals surface area contributed by atoms with Crippen LogP contribution in [-0.2, 0) is 32.2 Å². The van der Waals surface area contributed by atoms with Crippen molar-refractivity contribution in [3.05, 3.63) is 114 Å². The van der Waals surface area contributed by atoms with Gasteiger partial charge >= 0.3 is 5.97 Å². The summed E-state index contributed by atoms with van der Waals surface area (Å²) < 4.78 is 13.0. The highest BCUT2D eigenvalue weighted by Gasteiger charge is 2.32. The molecule has 0 bridgehead atoms. The molecular formula is C36H39N3O6S. The highest BCUT2D eigenvalue weighted by atomic mass is 32.2. The Morgan fingerprint density at radius 1 is 0.848 bits per heavy atom. The summed E-state index contributed by atoms with van der Waals surface area (Å²) in [5.41, 5.74) is 5.84. The molecule has 1 amide bonds. The Hall–Kier alpha value is -4.09. The fourth-order valence-electron chi connectivity index (χ4n) is 5.35. The molecule has 240 valence electrons. The number of rotatable bonds is 15. The molecule has 2 heterocycles. The van der Waals surface area contributed by atoms with Gasteiger partial charge in [0.05, 0.1) is 18.8 Å². The number of nitrogens with one attached hydrogen (secondary N) is 1. The predicted octanol–water partition coefficient (Wildman–Crippen LogP) is 6.62. The van der Waals surface area contributed by atoms with E-state index < -0.39 is 12.3 Å². The molecule has 1 fully saturated rings. The molecule has 1 aliphatic heterocycles. The Bertz CT molecular complexity index is 1550. The van der Waals surface area contributed by atoms with Crippen LogP contribution in [0.1, 0.15) is 73.2 Å². The van der Waals surface area contributed by atoms with Gasteiger partial charge in [0.2, 0.25) is 5.91 Å². The first kappa shape index (κ1) is 33.3. The van der Waals surface area contributed by atoms with Crippen LogP contribution in [0.4, 0.5) is 0 Å². The van der Waals surface area contributed by atoms with Crippen LogP contribution < -0.4 is 5.32 Å². The molecule has 4 aromatic rings. The van der Waals surface area contributed by atoms with E-state index in [9.17, 15) is 14.7 Å². The first-order valence-corrected chi connectivity index (χ1v) is 16.5. The molecular weight excluding hydrogens is 602 g/mol. The first-order valence-electron chi connectivity index (χ1n) is 15.6. The summed E-state index contributed by atoms with van der Waals surface area (Å²) in [6.07, 6.45) is 5.76. The van der Waals surface area contributed by atoms with Gasteiger partial charge in [-0.25, -0.2) is 9.97 Å². The van der Waals surface area contributed by atoms with Crippen molar-refractivity contribution in [2.24, 2.45) is 0 Å². The van der Waals surface area contributed by atoms with Crippen LogP contribution in [0.25, 0.3) is 11.1 Å². The van der Waals surface area contributed by atoms with Crippen molar-refractivity contribution in [2.45, 2.75) is 75.3 Å². The van der Waals surface area contributed by atoms with Gasteiger partial charge in [-0.2, -0.15) is 0 Å². The second-order valence-corrected chi connectivity index (χ2v) is 12.2. The first-order chi connectivity index (χ1) is 22.5. The van der Waals surface area contributed by atoms with E-state index in [0.29, 0.717) is 43.1 Å². The summed E-state index contributed by atoms with van der Waals surface area (Å²) in [7, 11) is 0. The maximum absolute atomic E-state index is 12.4. The summed E-state index contributed by atoms with van der Waals surface area (Å²) in [6.45, 7) is 0.397. The fraction of sp³-hybridized carbons (Fsp3) is 0.333. The molecule has 3 atom stereocenters. The van der Waals surface area contributed by atoms with Crippen LogP contribution in [0, 0.1) is 0 Å². The molecule has 9 nitrogen and oxygen atoms in total. The quantitative estimate of drug-likeness (QED) is 0.0744. The van der Waals surface area contributed by atoms with Gasteiger partial charge in [-0.05, 0) is 46.7 Å². The van der Waals surface area contributed by atoms with Crippen molar-refractivity contribution >= 4 is 23.6 Å². The Balaban J connectivity index is 1.25. The van der Waals surface area contributed by atoms with Gasteiger partial charge in [-0.1, -0.05) is 91.0 Å². The minimum absolute atomic E-state index is 0.00803. The number of ether oxygens (including phenoxy) is 2. The molecule has 1 aliphatic rings. The van der Waals surface area contributed by atoms with Crippen molar-refractivity contribution < 1.29 is 29.3 Å². The molecule has 0 radical (unpaired) electrons. The average Bonchev–Trinajstić information content (AvgIpc) is 3.10. The number of thioether (sulfide) groups is 1. The van der Waals surface area contributed by atoms with E-state index in [2.05, 4.69) is 15.3 Å². The number of aromatic nitrogens is 2. The largest absolute Gasteiger partial charge is 0.481 e. The van der Waals surface area contributed by atoms with Crippen molar-refractivity contribution in [1.82, 2.24) is 15.3 Å². The van der Waals surface area contributed by atoms with E-state index in [4.69, 9.17) is 14.6 Å².